The van der Waals surface area contributed by atoms with Crippen molar-refractivity contribution in [3.8, 4) is 0 Å². The highest BCUT2D eigenvalue weighted by Gasteiger charge is 2.30. The van der Waals surface area contributed by atoms with Gasteiger partial charge < -0.3 is 10.6 Å². The molecule has 1 aliphatic carbocycles. The molecule has 3 aromatic heterocycles. The van der Waals surface area contributed by atoms with Gasteiger partial charge in [-0.25, -0.2) is 0 Å². The number of fused-ring (bicyclic) bond motifs is 1. The van der Waals surface area contributed by atoms with Crippen LogP contribution in [-0.2, 0) is 6.42 Å². The topological polar surface area (TPSA) is 80.0 Å². The third kappa shape index (κ3) is 4.02. The van der Waals surface area contributed by atoms with Crippen molar-refractivity contribution in [2.45, 2.75) is 57.9 Å². The number of pyridine rings is 1. The average molecular weight is 365 g/mol. The summed E-state index contributed by atoms with van der Waals surface area (Å²) in [4.78, 5) is 4.18. The Morgan fingerprint density at radius 1 is 1.22 bits per heavy atom. The molecule has 0 unspecified atom stereocenters. The molecule has 4 rings (SSSR count). The molecule has 0 bridgehead atoms. The minimum atomic E-state index is 0.416. The van der Waals surface area contributed by atoms with E-state index in [9.17, 15) is 0 Å². The van der Waals surface area contributed by atoms with E-state index >= 15 is 0 Å². The van der Waals surface area contributed by atoms with Gasteiger partial charge in [-0.15, -0.1) is 15.3 Å². The second kappa shape index (κ2) is 7.90. The standard InChI is InChI=1S/C20H27N7/c1-3-16(4-2)23-18-12-17(22-11-9-14-6-5-10-21-13-14)20-25-24-19(15-7-8-15)27(20)26-18/h5-6,10,12-13,15-16,22H,3-4,7-9,11H2,1-2H3,(H,23,26). The summed E-state index contributed by atoms with van der Waals surface area (Å²) in [7, 11) is 0. The van der Waals surface area contributed by atoms with Gasteiger partial charge >= 0.3 is 0 Å². The van der Waals surface area contributed by atoms with E-state index in [1.54, 1.807) is 6.20 Å². The molecule has 27 heavy (non-hydrogen) atoms. The van der Waals surface area contributed by atoms with Gasteiger partial charge in [0.25, 0.3) is 0 Å². The maximum absolute atomic E-state index is 4.79. The van der Waals surface area contributed by atoms with Crippen molar-refractivity contribution in [1.82, 2.24) is 24.8 Å². The highest BCUT2D eigenvalue weighted by Crippen LogP contribution is 2.39. The van der Waals surface area contributed by atoms with Gasteiger partial charge in [0.15, 0.2) is 5.82 Å². The zero-order valence-corrected chi connectivity index (χ0v) is 16.0. The Morgan fingerprint density at radius 2 is 2.07 bits per heavy atom. The van der Waals surface area contributed by atoms with Gasteiger partial charge in [0, 0.05) is 37.0 Å². The number of rotatable bonds is 9. The van der Waals surface area contributed by atoms with E-state index in [2.05, 4.69) is 51.8 Å². The van der Waals surface area contributed by atoms with Crippen LogP contribution >= 0.6 is 0 Å². The normalized spacial score (nSPS) is 14.0. The molecule has 0 aromatic carbocycles. The van der Waals surface area contributed by atoms with Crippen molar-refractivity contribution >= 4 is 17.2 Å². The average Bonchev–Trinajstić information content (AvgIpc) is 3.46. The van der Waals surface area contributed by atoms with E-state index in [1.165, 1.54) is 18.4 Å². The maximum Gasteiger partial charge on any atom is 0.201 e. The molecule has 0 aliphatic heterocycles. The van der Waals surface area contributed by atoms with Crippen LogP contribution in [0, 0.1) is 0 Å². The van der Waals surface area contributed by atoms with Gasteiger partial charge in [-0.1, -0.05) is 19.9 Å². The molecule has 1 fully saturated rings. The van der Waals surface area contributed by atoms with Gasteiger partial charge in [0.2, 0.25) is 5.65 Å². The van der Waals surface area contributed by atoms with Crippen molar-refractivity contribution < 1.29 is 0 Å². The molecule has 2 N–H and O–H groups in total. The summed E-state index contributed by atoms with van der Waals surface area (Å²) in [5, 5.41) is 20.7. The van der Waals surface area contributed by atoms with Crippen molar-refractivity contribution in [2.24, 2.45) is 0 Å². The van der Waals surface area contributed by atoms with Crippen molar-refractivity contribution in [3.05, 3.63) is 42.0 Å². The summed E-state index contributed by atoms with van der Waals surface area (Å²) in [5.74, 6) is 2.36. The Kier molecular flexibility index (Phi) is 5.18. The first-order chi connectivity index (χ1) is 13.3. The van der Waals surface area contributed by atoms with Gasteiger partial charge in [-0.3, -0.25) is 4.98 Å². The Hall–Kier alpha value is -2.70. The van der Waals surface area contributed by atoms with Gasteiger partial charge in [-0.2, -0.15) is 4.52 Å². The molecule has 1 saturated carbocycles. The first kappa shape index (κ1) is 17.7. The lowest BCUT2D eigenvalue weighted by Crippen LogP contribution is -2.19. The smallest absolute Gasteiger partial charge is 0.201 e. The number of anilines is 2. The minimum absolute atomic E-state index is 0.416. The van der Waals surface area contributed by atoms with Crippen LogP contribution in [0.2, 0.25) is 0 Å². The van der Waals surface area contributed by atoms with Gasteiger partial charge in [-0.05, 0) is 43.7 Å². The molecule has 3 aromatic rings. The van der Waals surface area contributed by atoms with E-state index in [1.807, 2.05) is 16.8 Å². The summed E-state index contributed by atoms with van der Waals surface area (Å²) in [5.41, 5.74) is 2.99. The zero-order chi connectivity index (χ0) is 18.6. The van der Waals surface area contributed by atoms with Crippen LogP contribution in [0.1, 0.15) is 56.8 Å². The third-order valence-electron chi connectivity index (χ3n) is 5.13. The van der Waals surface area contributed by atoms with Crippen LogP contribution in [0.5, 0.6) is 0 Å². The van der Waals surface area contributed by atoms with Crippen LogP contribution in [-0.4, -0.2) is 37.4 Å². The summed E-state index contributed by atoms with van der Waals surface area (Å²) < 4.78 is 1.93. The number of nitrogens with one attached hydrogen (secondary N) is 2. The fourth-order valence-electron chi connectivity index (χ4n) is 3.28. The lowest BCUT2D eigenvalue weighted by atomic mass is 10.2. The van der Waals surface area contributed by atoms with Crippen molar-refractivity contribution in [1.29, 1.82) is 0 Å². The molecular formula is C20H27N7. The molecule has 3 heterocycles. The Labute approximate surface area is 159 Å². The zero-order valence-electron chi connectivity index (χ0n) is 16.0. The number of aromatic nitrogens is 5. The SMILES string of the molecule is CCC(CC)Nc1cc(NCCc2cccnc2)c2nnc(C3CC3)n2n1. The van der Waals surface area contributed by atoms with E-state index in [4.69, 9.17) is 5.10 Å². The van der Waals surface area contributed by atoms with Gasteiger partial charge in [0.1, 0.15) is 5.82 Å². The Balaban J connectivity index is 1.59. The first-order valence-electron chi connectivity index (χ1n) is 9.94. The van der Waals surface area contributed by atoms with E-state index in [0.29, 0.717) is 12.0 Å². The largest absolute Gasteiger partial charge is 0.381 e. The fourth-order valence-corrected chi connectivity index (χ4v) is 3.28. The molecule has 0 amide bonds. The number of nitrogens with zero attached hydrogens (tertiary/aromatic N) is 5. The van der Waals surface area contributed by atoms with Crippen LogP contribution in [0.15, 0.2) is 30.6 Å². The first-order valence-corrected chi connectivity index (χ1v) is 9.94. The molecule has 0 radical (unpaired) electrons. The monoisotopic (exact) mass is 365 g/mol. The van der Waals surface area contributed by atoms with E-state index in [-0.39, 0.29) is 0 Å². The van der Waals surface area contributed by atoms with Crippen LogP contribution in [0.3, 0.4) is 0 Å². The highest BCUT2D eigenvalue weighted by atomic mass is 15.4. The quantitative estimate of drug-likeness (QED) is 0.602. The molecule has 1 aliphatic rings. The molecule has 0 saturated heterocycles. The Morgan fingerprint density at radius 3 is 2.78 bits per heavy atom. The molecule has 7 nitrogen and oxygen atoms in total. The predicted molar refractivity (Wildman–Crippen MR) is 107 cm³/mol. The Bertz CT molecular complexity index is 882. The summed E-state index contributed by atoms with van der Waals surface area (Å²) in [6.45, 7) is 5.20. The maximum atomic E-state index is 4.79. The highest BCUT2D eigenvalue weighted by molar-refractivity contribution is 5.70. The summed E-state index contributed by atoms with van der Waals surface area (Å²) >= 11 is 0. The second-order valence-electron chi connectivity index (χ2n) is 7.21. The molecule has 0 atom stereocenters. The summed E-state index contributed by atoms with van der Waals surface area (Å²) in [6, 6.07) is 6.54. The number of hydrogen-bond acceptors (Lipinski definition) is 6. The van der Waals surface area contributed by atoms with Crippen molar-refractivity contribution in [3.63, 3.8) is 0 Å². The predicted octanol–water partition coefficient (Wildman–Crippen LogP) is 3.65. The minimum Gasteiger partial charge on any atom is -0.381 e. The van der Waals surface area contributed by atoms with Crippen molar-refractivity contribution in [2.75, 3.05) is 17.2 Å². The van der Waals surface area contributed by atoms with Crippen LogP contribution in [0.4, 0.5) is 11.5 Å². The third-order valence-corrected chi connectivity index (χ3v) is 5.13. The molecule has 142 valence electrons. The second-order valence-corrected chi connectivity index (χ2v) is 7.21. The van der Waals surface area contributed by atoms with Gasteiger partial charge in [0.05, 0.1) is 5.69 Å². The van der Waals surface area contributed by atoms with Crippen LogP contribution in [0.25, 0.3) is 5.65 Å². The molecule has 7 heteroatoms. The lowest BCUT2D eigenvalue weighted by Gasteiger charge is -2.17. The fraction of sp³-hybridized carbons (Fsp3) is 0.500. The van der Waals surface area contributed by atoms with E-state index in [0.717, 1.165) is 48.8 Å². The van der Waals surface area contributed by atoms with E-state index < -0.39 is 0 Å². The molecule has 0 spiro atoms. The van der Waals surface area contributed by atoms with Crippen LogP contribution < -0.4 is 10.6 Å². The summed E-state index contributed by atoms with van der Waals surface area (Å²) in [6.07, 6.45) is 9.10. The lowest BCUT2D eigenvalue weighted by molar-refractivity contribution is 0.664. The molecular weight excluding hydrogens is 338 g/mol. The number of hydrogen-bond donors (Lipinski definition) is 2.